The van der Waals surface area contributed by atoms with Gasteiger partial charge in [0.05, 0.1) is 0 Å². The third kappa shape index (κ3) is 4.77. The van der Waals surface area contributed by atoms with Gasteiger partial charge in [-0.25, -0.2) is 0 Å². The van der Waals surface area contributed by atoms with Crippen LogP contribution in [0.15, 0.2) is 11.6 Å². The van der Waals surface area contributed by atoms with Crippen molar-refractivity contribution in [1.29, 1.82) is 0 Å². The van der Waals surface area contributed by atoms with Crippen molar-refractivity contribution in [2.45, 2.75) is 60.3 Å². The number of allylic oxidation sites excluding steroid dienone is 2. The van der Waals surface area contributed by atoms with Crippen molar-refractivity contribution >= 4 is 15.9 Å². The third-order valence-electron chi connectivity index (χ3n) is 4.34. The summed E-state index contributed by atoms with van der Waals surface area (Å²) in [4.78, 5) is 0. The molecule has 0 aromatic heterocycles. The first-order chi connectivity index (χ1) is 7.84. The molecule has 0 heterocycles. The van der Waals surface area contributed by atoms with Gasteiger partial charge in [0.1, 0.15) is 0 Å². The van der Waals surface area contributed by atoms with E-state index in [2.05, 4.69) is 56.6 Å². The Bertz CT molecular complexity index is 249. The molecule has 0 radical (unpaired) electrons. The Morgan fingerprint density at radius 2 is 1.71 bits per heavy atom. The molecule has 0 saturated heterocycles. The molecular weight excluding hydrogens is 272 g/mol. The molecule has 0 atom stereocenters. The van der Waals surface area contributed by atoms with Crippen LogP contribution >= 0.6 is 15.9 Å². The van der Waals surface area contributed by atoms with E-state index in [4.69, 9.17) is 0 Å². The molecular formula is C16H29Br. The summed E-state index contributed by atoms with van der Waals surface area (Å²) in [5.41, 5.74) is 2.09. The van der Waals surface area contributed by atoms with Gasteiger partial charge in [0.25, 0.3) is 0 Å². The standard InChI is InChI=1S/C16H29Br/c1-12(2)14(11-17)10-13-6-8-15(9-7-13)16(3,4)5/h10,12-13,15H,6-9,11H2,1-5H3. The molecule has 0 amide bonds. The Kier molecular flexibility index (Phi) is 5.76. The first-order valence-electron chi connectivity index (χ1n) is 7.11. The lowest BCUT2D eigenvalue weighted by Gasteiger charge is -2.36. The maximum absolute atomic E-state index is 3.62. The molecule has 0 aromatic rings. The van der Waals surface area contributed by atoms with Gasteiger partial charge in [-0.3, -0.25) is 0 Å². The van der Waals surface area contributed by atoms with Gasteiger partial charge in [-0.1, -0.05) is 62.2 Å². The molecule has 17 heavy (non-hydrogen) atoms. The van der Waals surface area contributed by atoms with Gasteiger partial charge < -0.3 is 0 Å². The highest BCUT2D eigenvalue weighted by Gasteiger charge is 2.29. The van der Waals surface area contributed by atoms with Gasteiger partial charge in [0, 0.05) is 5.33 Å². The highest BCUT2D eigenvalue weighted by Crippen LogP contribution is 2.40. The number of hydrogen-bond donors (Lipinski definition) is 0. The first-order valence-corrected chi connectivity index (χ1v) is 8.23. The van der Waals surface area contributed by atoms with Gasteiger partial charge in [0.15, 0.2) is 0 Å². The number of halogens is 1. The summed E-state index contributed by atoms with van der Waals surface area (Å²) < 4.78 is 0. The van der Waals surface area contributed by atoms with Crippen LogP contribution < -0.4 is 0 Å². The van der Waals surface area contributed by atoms with Crippen LogP contribution in [0.1, 0.15) is 60.3 Å². The summed E-state index contributed by atoms with van der Waals surface area (Å²) in [6, 6.07) is 0. The monoisotopic (exact) mass is 300 g/mol. The average Bonchev–Trinajstić information content (AvgIpc) is 2.25. The van der Waals surface area contributed by atoms with Crippen molar-refractivity contribution < 1.29 is 0 Å². The van der Waals surface area contributed by atoms with E-state index in [0.717, 1.165) is 17.2 Å². The van der Waals surface area contributed by atoms with E-state index in [1.165, 1.54) is 25.7 Å². The van der Waals surface area contributed by atoms with Crippen LogP contribution in [-0.4, -0.2) is 5.33 Å². The summed E-state index contributed by atoms with van der Waals surface area (Å²) in [5.74, 6) is 2.46. The van der Waals surface area contributed by atoms with Gasteiger partial charge >= 0.3 is 0 Å². The third-order valence-corrected chi connectivity index (χ3v) is 4.99. The fourth-order valence-electron chi connectivity index (χ4n) is 2.85. The fraction of sp³-hybridized carbons (Fsp3) is 0.875. The minimum atomic E-state index is 0.505. The maximum Gasteiger partial charge on any atom is 0.0244 e. The fourth-order valence-corrected chi connectivity index (χ4v) is 3.68. The minimum absolute atomic E-state index is 0.505. The zero-order chi connectivity index (χ0) is 13.1. The van der Waals surface area contributed by atoms with Crippen LogP contribution in [0, 0.1) is 23.2 Å². The molecule has 1 heteroatoms. The highest BCUT2D eigenvalue weighted by molar-refractivity contribution is 9.09. The summed E-state index contributed by atoms with van der Waals surface area (Å²) in [7, 11) is 0. The Hall–Kier alpha value is 0.220. The van der Waals surface area contributed by atoms with E-state index in [-0.39, 0.29) is 0 Å². The van der Waals surface area contributed by atoms with Crippen molar-refractivity contribution in [3.63, 3.8) is 0 Å². The van der Waals surface area contributed by atoms with Crippen molar-refractivity contribution in [2.75, 3.05) is 5.33 Å². The Labute approximate surface area is 116 Å². The molecule has 1 rings (SSSR count). The average molecular weight is 301 g/mol. The van der Waals surface area contributed by atoms with Gasteiger partial charge in [-0.2, -0.15) is 0 Å². The van der Waals surface area contributed by atoms with E-state index >= 15 is 0 Å². The predicted molar refractivity (Wildman–Crippen MR) is 81.6 cm³/mol. The second-order valence-corrected chi connectivity index (χ2v) is 7.57. The molecule has 1 fully saturated rings. The van der Waals surface area contributed by atoms with Gasteiger partial charge in [0.2, 0.25) is 0 Å². The largest absolute Gasteiger partial charge is 0.0880 e. The Morgan fingerprint density at radius 1 is 1.18 bits per heavy atom. The quantitative estimate of drug-likeness (QED) is 0.455. The van der Waals surface area contributed by atoms with Crippen molar-refractivity contribution in [3.05, 3.63) is 11.6 Å². The molecule has 1 aliphatic rings. The van der Waals surface area contributed by atoms with Crippen LogP contribution in [0.5, 0.6) is 0 Å². The second kappa shape index (κ2) is 6.41. The Morgan fingerprint density at radius 3 is 2.06 bits per heavy atom. The van der Waals surface area contributed by atoms with Crippen molar-refractivity contribution in [1.82, 2.24) is 0 Å². The van der Waals surface area contributed by atoms with Crippen LogP contribution in [0.2, 0.25) is 0 Å². The normalized spacial score (nSPS) is 27.6. The van der Waals surface area contributed by atoms with Crippen molar-refractivity contribution in [2.24, 2.45) is 23.2 Å². The van der Waals surface area contributed by atoms with E-state index < -0.39 is 0 Å². The van der Waals surface area contributed by atoms with Crippen LogP contribution in [0.3, 0.4) is 0 Å². The summed E-state index contributed by atoms with van der Waals surface area (Å²) in [6.07, 6.45) is 8.17. The van der Waals surface area contributed by atoms with Crippen molar-refractivity contribution in [3.8, 4) is 0 Å². The SMILES string of the molecule is CC(C)C(=CC1CCC(C(C)(C)C)CC1)CBr. The molecule has 0 N–H and O–H groups in total. The first kappa shape index (κ1) is 15.3. The van der Waals surface area contributed by atoms with E-state index in [1.807, 2.05) is 0 Å². The zero-order valence-corrected chi connectivity index (χ0v) is 13.8. The van der Waals surface area contributed by atoms with Gasteiger partial charge in [-0.15, -0.1) is 0 Å². The molecule has 100 valence electrons. The lowest BCUT2D eigenvalue weighted by atomic mass is 9.69. The molecule has 0 nitrogen and oxygen atoms in total. The topological polar surface area (TPSA) is 0 Å². The lowest BCUT2D eigenvalue weighted by Crippen LogP contribution is -2.25. The van der Waals surface area contributed by atoms with E-state index in [1.54, 1.807) is 5.57 Å². The van der Waals surface area contributed by atoms with Gasteiger partial charge in [-0.05, 0) is 48.9 Å². The van der Waals surface area contributed by atoms with E-state index in [0.29, 0.717) is 11.3 Å². The van der Waals surface area contributed by atoms with Crippen LogP contribution in [-0.2, 0) is 0 Å². The number of hydrogen-bond acceptors (Lipinski definition) is 0. The summed E-state index contributed by atoms with van der Waals surface area (Å²) in [5, 5.41) is 1.05. The minimum Gasteiger partial charge on any atom is -0.0880 e. The molecule has 0 aliphatic heterocycles. The lowest BCUT2D eigenvalue weighted by molar-refractivity contribution is 0.162. The molecule has 0 aromatic carbocycles. The number of alkyl halides is 1. The zero-order valence-electron chi connectivity index (χ0n) is 12.2. The molecule has 0 unspecified atom stereocenters. The molecule has 1 saturated carbocycles. The molecule has 1 aliphatic carbocycles. The highest BCUT2D eigenvalue weighted by atomic mass is 79.9. The van der Waals surface area contributed by atoms with Crippen LogP contribution in [0.25, 0.3) is 0 Å². The summed E-state index contributed by atoms with van der Waals surface area (Å²) in [6.45, 7) is 11.8. The second-order valence-electron chi connectivity index (χ2n) is 7.01. The maximum atomic E-state index is 3.62. The predicted octanol–water partition coefficient (Wildman–Crippen LogP) is 5.82. The smallest absolute Gasteiger partial charge is 0.0244 e. The van der Waals surface area contributed by atoms with Crippen LogP contribution in [0.4, 0.5) is 0 Å². The van der Waals surface area contributed by atoms with E-state index in [9.17, 15) is 0 Å². The Balaban J connectivity index is 2.52. The summed E-state index contributed by atoms with van der Waals surface area (Å²) >= 11 is 3.62. The number of rotatable bonds is 3. The molecule has 0 bridgehead atoms. The molecule has 0 spiro atoms.